The molecule has 1 aliphatic heterocycles. The van der Waals surface area contributed by atoms with Crippen LogP contribution in [0.5, 0.6) is 0 Å². The Hall–Kier alpha value is -2.08. The summed E-state index contributed by atoms with van der Waals surface area (Å²) in [7, 11) is 0. The number of nitrogens with one attached hydrogen (secondary N) is 3. The van der Waals surface area contributed by atoms with Crippen molar-refractivity contribution >= 4 is 17.6 Å². The van der Waals surface area contributed by atoms with Crippen molar-refractivity contribution in [1.29, 1.82) is 0 Å². The van der Waals surface area contributed by atoms with Crippen LogP contribution in [0.1, 0.15) is 25.7 Å². The Morgan fingerprint density at radius 3 is 2.17 bits per heavy atom. The van der Waals surface area contributed by atoms with Gasteiger partial charge >= 0.3 is 6.03 Å². The third kappa shape index (κ3) is 5.25. The Labute approximate surface area is 136 Å². The van der Waals surface area contributed by atoms with Gasteiger partial charge in [-0.15, -0.1) is 0 Å². The van der Waals surface area contributed by atoms with E-state index in [0.29, 0.717) is 12.6 Å². The third-order valence-electron chi connectivity index (χ3n) is 4.26. The molecule has 3 N–H and O–H groups in total. The third-order valence-corrected chi connectivity index (χ3v) is 4.26. The summed E-state index contributed by atoms with van der Waals surface area (Å²) in [5.41, 5.74) is 0.825. The van der Waals surface area contributed by atoms with E-state index >= 15 is 0 Å². The minimum Gasteiger partial charge on any atom is -0.335 e. The first-order chi connectivity index (χ1) is 11.2. The highest BCUT2D eigenvalue weighted by atomic mass is 16.2. The van der Waals surface area contributed by atoms with Gasteiger partial charge in [0, 0.05) is 30.9 Å². The summed E-state index contributed by atoms with van der Waals surface area (Å²) in [4.78, 5) is 25.9. The van der Waals surface area contributed by atoms with E-state index in [-0.39, 0.29) is 18.0 Å². The molecule has 0 aromatic heterocycles. The molecule has 124 valence electrons. The van der Waals surface area contributed by atoms with Gasteiger partial charge in [-0.2, -0.15) is 0 Å². The summed E-state index contributed by atoms with van der Waals surface area (Å²) in [5, 5.41) is 8.87. The van der Waals surface area contributed by atoms with E-state index in [1.807, 2.05) is 30.3 Å². The molecule has 0 radical (unpaired) electrons. The molecule has 3 rings (SSSR count). The predicted molar refractivity (Wildman–Crippen MR) is 89.2 cm³/mol. The number of likely N-dealkylation sites (tertiary alicyclic amines) is 1. The molecular formula is C17H24N4O2. The largest absolute Gasteiger partial charge is 0.335 e. The first-order valence-corrected chi connectivity index (χ1v) is 8.33. The van der Waals surface area contributed by atoms with Gasteiger partial charge in [0.1, 0.15) is 0 Å². The summed E-state index contributed by atoms with van der Waals surface area (Å²) in [6.45, 7) is 2.06. The summed E-state index contributed by atoms with van der Waals surface area (Å²) in [5.74, 6) is 0.00841. The average Bonchev–Trinajstić information content (AvgIpc) is 3.34. The molecule has 2 aliphatic rings. The molecule has 3 amide bonds. The zero-order chi connectivity index (χ0) is 16.1. The molecular weight excluding hydrogens is 292 g/mol. The molecule has 6 heteroatoms. The zero-order valence-corrected chi connectivity index (χ0v) is 13.3. The van der Waals surface area contributed by atoms with Gasteiger partial charge in [-0.05, 0) is 37.8 Å². The van der Waals surface area contributed by atoms with Gasteiger partial charge in [0.15, 0.2) is 0 Å². The van der Waals surface area contributed by atoms with Crippen LogP contribution in [0.15, 0.2) is 30.3 Å². The molecule has 2 fully saturated rings. The van der Waals surface area contributed by atoms with Crippen LogP contribution in [-0.4, -0.2) is 48.6 Å². The number of anilines is 1. The summed E-state index contributed by atoms with van der Waals surface area (Å²) in [6, 6.07) is 10.0. The molecule has 1 aromatic rings. The van der Waals surface area contributed by atoms with Gasteiger partial charge in [-0.25, -0.2) is 4.79 Å². The van der Waals surface area contributed by atoms with Crippen LogP contribution in [0.2, 0.25) is 0 Å². The van der Waals surface area contributed by atoms with Crippen molar-refractivity contribution in [3.63, 3.8) is 0 Å². The number of amides is 3. The van der Waals surface area contributed by atoms with E-state index in [4.69, 9.17) is 0 Å². The number of benzene rings is 1. The zero-order valence-electron chi connectivity index (χ0n) is 13.3. The van der Waals surface area contributed by atoms with E-state index < -0.39 is 0 Å². The number of carbonyl (C=O) groups excluding carboxylic acids is 2. The predicted octanol–water partition coefficient (Wildman–Crippen LogP) is 1.55. The van der Waals surface area contributed by atoms with Gasteiger partial charge < -0.3 is 16.0 Å². The lowest BCUT2D eigenvalue weighted by molar-refractivity contribution is -0.117. The number of rotatable bonds is 5. The smallest absolute Gasteiger partial charge is 0.315 e. The quantitative estimate of drug-likeness (QED) is 0.772. The number of piperidine rings is 1. The van der Waals surface area contributed by atoms with Gasteiger partial charge in [0.05, 0.1) is 6.54 Å². The molecule has 6 nitrogen and oxygen atoms in total. The van der Waals surface area contributed by atoms with E-state index in [2.05, 4.69) is 20.9 Å². The van der Waals surface area contributed by atoms with Crippen molar-refractivity contribution in [2.75, 3.05) is 25.0 Å². The maximum absolute atomic E-state index is 12.0. The highest BCUT2D eigenvalue weighted by Gasteiger charge is 2.26. The lowest BCUT2D eigenvalue weighted by Crippen LogP contribution is -2.49. The number of hydrogen-bond donors (Lipinski definition) is 3. The maximum atomic E-state index is 12.0. The summed E-state index contributed by atoms with van der Waals surface area (Å²) in [6.07, 6.45) is 3.97. The number of para-hydroxylation sites is 1. The number of hydrogen-bond acceptors (Lipinski definition) is 3. The fourth-order valence-corrected chi connectivity index (χ4v) is 2.80. The fourth-order valence-electron chi connectivity index (χ4n) is 2.80. The molecule has 0 unspecified atom stereocenters. The standard InChI is InChI=1S/C17H24N4O2/c22-16(18-13-4-2-1-3-5-13)12-21-10-8-15(9-11-21)20-17(23)19-14-6-7-14/h1-5,14-15H,6-12H2,(H,18,22)(H2,19,20,23). The van der Waals surface area contributed by atoms with Gasteiger partial charge in [-0.3, -0.25) is 9.69 Å². The van der Waals surface area contributed by atoms with Crippen molar-refractivity contribution in [2.24, 2.45) is 0 Å². The first kappa shape index (κ1) is 15.8. The summed E-state index contributed by atoms with van der Waals surface area (Å²) >= 11 is 0. The maximum Gasteiger partial charge on any atom is 0.315 e. The minimum absolute atomic E-state index is 0.00841. The molecule has 1 aliphatic carbocycles. The second-order valence-electron chi connectivity index (χ2n) is 6.36. The second kappa shape index (κ2) is 7.46. The number of urea groups is 1. The van der Waals surface area contributed by atoms with Gasteiger partial charge in [-0.1, -0.05) is 18.2 Å². The Kier molecular flexibility index (Phi) is 5.12. The topological polar surface area (TPSA) is 73.5 Å². The highest BCUT2D eigenvalue weighted by molar-refractivity contribution is 5.92. The van der Waals surface area contributed by atoms with E-state index in [9.17, 15) is 9.59 Å². The van der Waals surface area contributed by atoms with Crippen LogP contribution in [-0.2, 0) is 4.79 Å². The van der Waals surface area contributed by atoms with Crippen molar-refractivity contribution in [2.45, 2.75) is 37.8 Å². The lowest BCUT2D eigenvalue weighted by Gasteiger charge is -2.31. The highest BCUT2D eigenvalue weighted by Crippen LogP contribution is 2.18. The monoisotopic (exact) mass is 316 g/mol. The SMILES string of the molecule is O=C(CN1CCC(NC(=O)NC2CC2)CC1)Nc1ccccc1. The second-order valence-corrected chi connectivity index (χ2v) is 6.36. The van der Waals surface area contributed by atoms with Gasteiger partial charge in [0.2, 0.25) is 5.91 Å². The van der Waals surface area contributed by atoms with Crippen LogP contribution < -0.4 is 16.0 Å². The molecule has 1 heterocycles. The molecule has 1 aromatic carbocycles. The van der Waals surface area contributed by atoms with Crippen LogP contribution in [0.25, 0.3) is 0 Å². The van der Waals surface area contributed by atoms with Crippen molar-refractivity contribution in [3.8, 4) is 0 Å². The molecule has 0 atom stereocenters. The van der Waals surface area contributed by atoms with Crippen molar-refractivity contribution in [1.82, 2.24) is 15.5 Å². The lowest BCUT2D eigenvalue weighted by atomic mass is 10.1. The Balaban J connectivity index is 1.35. The van der Waals surface area contributed by atoms with Crippen LogP contribution >= 0.6 is 0 Å². The van der Waals surface area contributed by atoms with E-state index in [0.717, 1.165) is 44.5 Å². The molecule has 0 spiro atoms. The van der Waals surface area contributed by atoms with E-state index in [1.54, 1.807) is 0 Å². The molecule has 23 heavy (non-hydrogen) atoms. The van der Waals surface area contributed by atoms with E-state index in [1.165, 1.54) is 0 Å². The average molecular weight is 316 g/mol. The normalized spacial score (nSPS) is 19.1. The van der Waals surface area contributed by atoms with Crippen LogP contribution in [0.3, 0.4) is 0 Å². The van der Waals surface area contributed by atoms with Crippen LogP contribution in [0.4, 0.5) is 10.5 Å². The Morgan fingerprint density at radius 1 is 0.957 bits per heavy atom. The Morgan fingerprint density at radius 2 is 1.57 bits per heavy atom. The Bertz CT molecular complexity index is 537. The number of carbonyl (C=O) groups is 2. The molecule has 1 saturated carbocycles. The fraction of sp³-hybridized carbons (Fsp3) is 0.529. The summed E-state index contributed by atoms with van der Waals surface area (Å²) < 4.78 is 0. The molecule has 0 bridgehead atoms. The minimum atomic E-state index is -0.0484. The first-order valence-electron chi connectivity index (χ1n) is 8.33. The van der Waals surface area contributed by atoms with Gasteiger partial charge in [0.25, 0.3) is 0 Å². The van der Waals surface area contributed by atoms with Crippen molar-refractivity contribution < 1.29 is 9.59 Å². The van der Waals surface area contributed by atoms with Crippen molar-refractivity contribution in [3.05, 3.63) is 30.3 Å². The number of nitrogens with zero attached hydrogens (tertiary/aromatic N) is 1. The molecule has 1 saturated heterocycles. The van der Waals surface area contributed by atoms with Crippen LogP contribution in [0, 0.1) is 0 Å².